The Kier molecular flexibility index (Phi) is 5.94. The summed E-state index contributed by atoms with van der Waals surface area (Å²) in [5, 5.41) is 0. The number of benzene rings is 1. The Balaban J connectivity index is 1.68. The minimum Gasteiger partial charge on any atom is -0.493 e. The summed E-state index contributed by atoms with van der Waals surface area (Å²) >= 11 is 0. The van der Waals surface area contributed by atoms with E-state index in [9.17, 15) is 13.4 Å². The van der Waals surface area contributed by atoms with Gasteiger partial charge in [0.1, 0.15) is 22.6 Å². The number of carbonyl (C=O) groups is 1. The quantitative estimate of drug-likeness (QED) is 0.804. The summed E-state index contributed by atoms with van der Waals surface area (Å²) in [6.45, 7) is 7.01. The summed E-state index contributed by atoms with van der Waals surface area (Å²) in [5.41, 5.74) is 0.713. The fourth-order valence-electron chi connectivity index (χ4n) is 5.26. The van der Waals surface area contributed by atoms with Crippen molar-refractivity contribution in [3.63, 3.8) is 0 Å². The highest BCUT2D eigenvalue weighted by Crippen LogP contribution is 2.50. The van der Waals surface area contributed by atoms with Gasteiger partial charge in [0, 0.05) is 17.7 Å². The van der Waals surface area contributed by atoms with Crippen LogP contribution in [0, 0.1) is 35.9 Å². The molecule has 4 nitrogen and oxygen atoms in total. The normalized spacial score (nSPS) is 31.2. The van der Waals surface area contributed by atoms with Crippen LogP contribution in [0.1, 0.15) is 61.9 Å². The van der Waals surface area contributed by atoms with E-state index in [1.165, 1.54) is 37.7 Å². The smallest absolute Gasteiger partial charge is 0.265 e. The van der Waals surface area contributed by atoms with Crippen LogP contribution in [0.2, 0.25) is 0 Å². The van der Waals surface area contributed by atoms with Gasteiger partial charge < -0.3 is 4.74 Å². The molecule has 150 valence electrons. The maximum Gasteiger partial charge on any atom is 0.265 e. The third-order valence-electron chi connectivity index (χ3n) is 6.02. The Labute approximate surface area is 163 Å². The van der Waals surface area contributed by atoms with E-state index in [0.717, 1.165) is 30.6 Å². The number of hydrogen-bond acceptors (Lipinski definition) is 3. The number of nitrogens with one attached hydrogen (secondary N) is 1. The van der Waals surface area contributed by atoms with Crippen LogP contribution in [-0.4, -0.2) is 23.0 Å². The van der Waals surface area contributed by atoms with Crippen LogP contribution in [0.3, 0.4) is 0 Å². The molecule has 2 fully saturated rings. The number of carbonyl (C=O) groups excluding carboxylic acids is 1. The lowest BCUT2D eigenvalue weighted by molar-refractivity contribution is 0.0144. The van der Waals surface area contributed by atoms with Crippen LogP contribution in [0.5, 0.6) is 5.75 Å². The summed E-state index contributed by atoms with van der Waals surface area (Å²) in [6.07, 6.45) is 7.62. The van der Waals surface area contributed by atoms with E-state index in [-0.39, 0.29) is 11.0 Å². The molecular formula is C21H30FNO3S. The van der Waals surface area contributed by atoms with Crippen LogP contribution in [0.25, 0.3) is 0 Å². The fraction of sp³-hybridized carbons (Fsp3) is 0.667. The monoisotopic (exact) mass is 395 g/mol. The van der Waals surface area contributed by atoms with Crippen molar-refractivity contribution in [3.8, 4) is 5.75 Å². The van der Waals surface area contributed by atoms with E-state index < -0.39 is 22.7 Å². The van der Waals surface area contributed by atoms with E-state index in [4.69, 9.17) is 4.74 Å². The minimum atomic E-state index is -1.53. The Hall–Kier alpha value is -1.43. The maximum absolute atomic E-state index is 14.4. The first-order chi connectivity index (χ1) is 12.6. The van der Waals surface area contributed by atoms with Gasteiger partial charge >= 0.3 is 0 Å². The van der Waals surface area contributed by atoms with Gasteiger partial charge in [0.15, 0.2) is 0 Å². The van der Waals surface area contributed by atoms with Gasteiger partial charge in [-0.25, -0.2) is 8.60 Å². The van der Waals surface area contributed by atoms with Crippen molar-refractivity contribution in [1.29, 1.82) is 0 Å². The van der Waals surface area contributed by atoms with Crippen LogP contribution in [0.15, 0.2) is 12.1 Å². The maximum atomic E-state index is 14.4. The summed E-state index contributed by atoms with van der Waals surface area (Å²) in [4.78, 5) is 11.9. The van der Waals surface area contributed by atoms with Gasteiger partial charge in [-0.3, -0.25) is 9.52 Å². The fourth-order valence-corrected chi connectivity index (χ4v) is 5.63. The van der Waals surface area contributed by atoms with E-state index in [2.05, 4.69) is 18.6 Å². The molecule has 1 amide bonds. The minimum absolute atomic E-state index is 0.109. The second-order valence-corrected chi connectivity index (χ2v) is 10.1. The lowest BCUT2D eigenvalue weighted by Gasteiger charge is -2.47. The van der Waals surface area contributed by atoms with Crippen LogP contribution in [0.4, 0.5) is 4.39 Å². The molecule has 2 saturated carbocycles. The van der Waals surface area contributed by atoms with Gasteiger partial charge in [-0.1, -0.05) is 13.8 Å². The standard InChI is InChI=1S/C21H30FNO3S/c1-13-5-15-8-16(6-13)11-21(3,10-15)12-26-19-9-18(22)17(7-14(19)2)20(24)23-27(4)25/h7,9,13,15-16H,5-6,8,10-12H2,1-4H3,(H,23,24). The molecule has 0 aromatic heterocycles. The SMILES string of the molecule is Cc1cc(C(=O)NS(C)=O)c(F)cc1OCC1(C)CC2CC(C)CC(C2)C1. The molecule has 2 bridgehead atoms. The number of ether oxygens (including phenoxy) is 1. The topological polar surface area (TPSA) is 55.4 Å². The molecule has 2 aliphatic rings. The lowest BCUT2D eigenvalue weighted by Crippen LogP contribution is -2.39. The number of halogens is 1. The Morgan fingerprint density at radius 2 is 1.93 bits per heavy atom. The zero-order valence-electron chi connectivity index (χ0n) is 16.6. The molecule has 3 atom stereocenters. The highest BCUT2D eigenvalue weighted by atomic mass is 32.2. The van der Waals surface area contributed by atoms with Gasteiger partial charge in [0.25, 0.3) is 5.91 Å². The number of fused-ring (bicyclic) bond motifs is 2. The van der Waals surface area contributed by atoms with Crippen molar-refractivity contribution in [2.45, 2.75) is 52.9 Å². The lowest BCUT2D eigenvalue weighted by atomic mass is 9.60. The van der Waals surface area contributed by atoms with Crippen molar-refractivity contribution in [1.82, 2.24) is 4.72 Å². The molecule has 1 aromatic carbocycles. The highest BCUT2D eigenvalue weighted by Gasteiger charge is 2.41. The van der Waals surface area contributed by atoms with Crippen molar-refractivity contribution in [3.05, 3.63) is 29.1 Å². The van der Waals surface area contributed by atoms with Crippen LogP contribution >= 0.6 is 0 Å². The van der Waals surface area contributed by atoms with Crippen LogP contribution in [-0.2, 0) is 11.0 Å². The first-order valence-corrected chi connectivity index (χ1v) is 11.3. The predicted octanol–water partition coefficient (Wildman–Crippen LogP) is 4.39. The average Bonchev–Trinajstić information content (AvgIpc) is 2.53. The largest absolute Gasteiger partial charge is 0.493 e. The third kappa shape index (κ3) is 4.89. The molecule has 0 aliphatic heterocycles. The van der Waals surface area contributed by atoms with E-state index in [0.29, 0.717) is 17.9 Å². The molecule has 3 rings (SSSR count). The van der Waals surface area contributed by atoms with Crippen molar-refractivity contribution in [2.75, 3.05) is 12.9 Å². The van der Waals surface area contributed by atoms with Crippen molar-refractivity contribution < 1.29 is 18.1 Å². The molecule has 6 heteroatoms. The Morgan fingerprint density at radius 1 is 1.30 bits per heavy atom. The summed E-state index contributed by atoms with van der Waals surface area (Å²) in [7, 11) is -1.53. The molecule has 1 aromatic rings. The van der Waals surface area contributed by atoms with Gasteiger partial charge in [-0.15, -0.1) is 0 Å². The Morgan fingerprint density at radius 3 is 2.52 bits per heavy atom. The molecule has 0 saturated heterocycles. The molecular weight excluding hydrogens is 365 g/mol. The number of amides is 1. The molecule has 27 heavy (non-hydrogen) atoms. The number of aryl methyl sites for hydroxylation is 1. The highest BCUT2D eigenvalue weighted by molar-refractivity contribution is 7.82. The van der Waals surface area contributed by atoms with E-state index in [1.807, 2.05) is 0 Å². The molecule has 3 unspecified atom stereocenters. The molecule has 2 aliphatic carbocycles. The van der Waals surface area contributed by atoms with Crippen LogP contribution < -0.4 is 9.46 Å². The summed E-state index contributed by atoms with van der Waals surface area (Å²) < 4.78 is 33.8. The van der Waals surface area contributed by atoms with Gasteiger partial charge in [0.05, 0.1) is 12.2 Å². The molecule has 1 N–H and O–H groups in total. The second kappa shape index (κ2) is 7.90. The predicted molar refractivity (Wildman–Crippen MR) is 106 cm³/mol. The van der Waals surface area contributed by atoms with Gasteiger partial charge in [0.2, 0.25) is 0 Å². The zero-order valence-corrected chi connectivity index (χ0v) is 17.5. The average molecular weight is 396 g/mol. The number of rotatable bonds is 5. The van der Waals surface area contributed by atoms with Crippen molar-refractivity contribution >= 4 is 16.9 Å². The van der Waals surface area contributed by atoms with E-state index in [1.54, 1.807) is 6.92 Å². The van der Waals surface area contributed by atoms with E-state index >= 15 is 0 Å². The summed E-state index contributed by atoms with van der Waals surface area (Å²) in [6, 6.07) is 2.74. The Bertz CT molecular complexity index is 733. The number of hydrogen-bond donors (Lipinski definition) is 1. The first-order valence-electron chi connectivity index (χ1n) is 9.72. The molecule has 0 heterocycles. The zero-order chi connectivity index (χ0) is 19.8. The van der Waals surface area contributed by atoms with Crippen molar-refractivity contribution in [2.24, 2.45) is 23.2 Å². The van der Waals surface area contributed by atoms with Gasteiger partial charge in [-0.2, -0.15) is 0 Å². The first kappa shape index (κ1) is 20.3. The van der Waals surface area contributed by atoms with Gasteiger partial charge in [-0.05, 0) is 68.4 Å². The summed E-state index contributed by atoms with van der Waals surface area (Å²) in [5.74, 6) is 1.53. The second-order valence-electron chi connectivity index (χ2n) is 9.03. The molecule has 0 spiro atoms. The third-order valence-corrected chi connectivity index (χ3v) is 6.50. The molecule has 0 radical (unpaired) electrons.